The second kappa shape index (κ2) is 4.72. The van der Waals surface area contributed by atoms with Gasteiger partial charge in [0.2, 0.25) is 0 Å². The Morgan fingerprint density at radius 1 is 1.27 bits per heavy atom. The number of nitrogens with zero attached hydrogens (tertiary/aromatic N) is 1. The van der Waals surface area contributed by atoms with Gasteiger partial charge in [-0.2, -0.15) is 0 Å². The zero-order valence-corrected chi connectivity index (χ0v) is 7.89. The summed E-state index contributed by atoms with van der Waals surface area (Å²) in [5.41, 5.74) is 1.06. The minimum absolute atomic E-state index is 0. The Bertz CT molecular complexity index is 230. The molecule has 3 heteroatoms. The smallest absolute Gasteiger partial charge is 1.00 e. The van der Waals surface area contributed by atoms with Gasteiger partial charge in [-0.1, -0.05) is 23.7 Å². The molecule has 0 fully saturated rings. The average molecular weight is 164 g/mol. The number of anilines is 1. The summed E-state index contributed by atoms with van der Waals surface area (Å²) < 4.78 is 0. The van der Waals surface area contributed by atoms with Crippen LogP contribution in [0.15, 0.2) is 24.3 Å². The molecule has 1 aromatic carbocycles. The van der Waals surface area contributed by atoms with Crippen LogP contribution in [0.3, 0.4) is 0 Å². The van der Waals surface area contributed by atoms with Gasteiger partial charge in [0.1, 0.15) is 0 Å². The quantitative estimate of drug-likeness (QED) is 0.506. The molecule has 0 heterocycles. The van der Waals surface area contributed by atoms with Crippen LogP contribution in [0.5, 0.6) is 0 Å². The van der Waals surface area contributed by atoms with Crippen LogP contribution in [-0.4, -0.2) is 14.1 Å². The van der Waals surface area contributed by atoms with Crippen molar-refractivity contribution >= 4 is 17.3 Å². The molecule has 0 aliphatic carbocycles. The standard InChI is InChI=1S/C8H10ClN.Li.H/c1-10(2)8-6-4-3-5-7(8)9;;/h3-6H,1-2H3;;/q;+1;-1. The average Bonchev–Trinajstić information content (AvgIpc) is 1.88. The summed E-state index contributed by atoms with van der Waals surface area (Å²) >= 11 is 5.88. The Morgan fingerprint density at radius 2 is 1.82 bits per heavy atom. The topological polar surface area (TPSA) is 3.24 Å². The van der Waals surface area contributed by atoms with Crippen LogP contribution >= 0.6 is 11.6 Å². The van der Waals surface area contributed by atoms with E-state index in [2.05, 4.69) is 0 Å². The first kappa shape index (κ1) is 10.9. The predicted molar refractivity (Wildman–Crippen MR) is 46.9 cm³/mol. The van der Waals surface area contributed by atoms with E-state index in [0.29, 0.717) is 0 Å². The van der Waals surface area contributed by atoms with Gasteiger partial charge in [0.25, 0.3) is 0 Å². The van der Waals surface area contributed by atoms with Gasteiger partial charge in [-0.3, -0.25) is 0 Å². The normalized spacial score (nSPS) is 8.64. The van der Waals surface area contributed by atoms with Crippen molar-refractivity contribution in [2.24, 2.45) is 0 Å². The molecule has 0 saturated carbocycles. The van der Waals surface area contributed by atoms with Crippen LogP contribution in [0.25, 0.3) is 0 Å². The molecule has 0 aromatic heterocycles. The van der Waals surface area contributed by atoms with E-state index in [1.165, 1.54) is 0 Å². The second-order valence-corrected chi connectivity index (χ2v) is 2.75. The van der Waals surface area contributed by atoms with E-state index in [4.69, 9.17) is 11.6 Å². The van der Waals surface area contributed by atoms with Crippen LogP contribution in [0.4, 0.5) is 5.69 Å². The van der Waals surface area contributed by atoms with Crippen molar-refractivity contribution < 1.29 is 20.3 Å². The van der Waals surface area contributed by atoms with Crippen LogP contribution in [0.2, 0.25) is 5.02 Å². The number of benzene rings is 1. The Balaban J connectivity index is 0. The predicted octanol–water partition coefficient (Wildman–Crippen LogP) is -0.478. The molecule has 0 unspecified atom stereocenters. The summed E-state index contributed by atoms with van der Waals surface area (Å²) in [4.78, 5) is 1.99. The molecular weight excluding hydrogens is 152 g/mol. The number of hydrogen-bond donors (Lipinski definition) is 0. The molecule has 1 aromatic rings. The molecule has 0 N–H and O–H groups in total. The first-order valence-corrected chi connectivity index (χ1v) is 3.51. The molecule has 0 aliphatic heterocycles. The summed E-state index contributed by atoms with van der Waals surface area (Å²) in [7, 11) is 3.95. The van der Waals surface area contributed by atoms with Gasteiger partial charge in [0.05, 0.1) is 10.7 Å². The van der Waals surface area contributed by atoms with E-state index in [1.54, 1.807) is 0 Å². The molecule has 0 bridgehead atoms. The Hall–Kier alpha value is -0.0926. The summed E-state index contributed by atoms with van der Waals surface area (Å²) in [6, 6.07) is 7.77. The van der Waals surface area contributed by atoms with Gasteiger partial charge in [-0.15, -0.1) is 0 Å². The fourth-order valence-corrected chi connectivity index (χ4v) is 1.12. The first-order chi connectivity index (χ1) is 4.72. The third-order valence-electron chi connectivity index (χ3n) is 1.33. The van der Waals surface area contributed by atoms with Crippen LogP contribution in [0.1, 0.15) is 1.43 Å². The summed E-state index contributed by atoms with van der Waals surface area (Å²) in [5.74, 6) is 0. The van der Waals surface area contributed by atoms with Gasteiger partial charge in [-0.25, -0.2) is 0 Å². The molecule has 0 aliphatic rings. The second-order valence-electron chi connectivity index (χ2n) is 2.35. The van der Waals surface area contributed by atoms with E-state index in [9.17, 15) is 0 Å². The van der Waals surface area contributed by atoms with Crippen LogP contribution in [-0.2, 0) is 0 Å². The monoisotopic (exact) mass is 163 g/mol. The third kappa shape index (κ3) is 2.79. The van der Waals surface area contributed by atoms with Crippen LogP contribution in [0, 0.1) is 0 Å². The minimum atomic E-state index is 0. The summed E-state index contributed by atoms with van der Waals surface area (Å²) in [6.45, 7) is 0. The maximum atomic E-state index is 5.88. The van der Waals surface area contributed by atoms with E-state index in [1.807, 2.05) is 43.3 Å². The molecule has 11 heavy (non-hydrogen) atoms. The van der Waals surface area contributed by atoms with Crippen LogP contribution < -0.4 is 23.8 Å². The molecule has 0 atom stereocenters. The van der Waals surface area contributed by atoms with Crippen molar-refractivity contribution in [3.63, 3.8) is 0 Å². The zero-order valence-electron chi connectivity index (χ0n) is 8.13. The van der Waals surface area contributed by atoms with Gasteiger partial charge < -0.3 is 6.33 Å². The number of para-hydroxylation sites is 1. The molecule has 0 spiro atoms. The van der Waals surface area contributed by atoms with Crippen molar-refractivity contribution in [3.8, 4) is 0 Å². The Morgan fingerprint density at radius 3 is 2.18 bits per heavy atom. The SMILES string of the molecule is CN(C)c1ccccc1Cl.[H-].[Li+]. The van der Waals surface area contributed by atoms with Crippen molar-refractivity contribution in [1.29, 1.82) is 0 Å². The van der Waals surface area contributed by atoms with Gasteiger partial charge in [-0.05, 0) is 12.1 Å². The van der Waals surface area contributed by atoms with Gasteiger partial charge in [0, 0.05) is 14.1 Å². The van der Waals surface area contributed by atoms with Crippen molar-refractivity contribution in [2.45, 2.75) is 0 Å². The molecule has 1 rings (SSSR count). The molecule has 0 saturated heterocycles. The van der Waals surface area contributed by atoms with Crippen molar-refractivity contribution in [2.75, 3.05) is 19.0 Å². The van der Waals surface area contributed by atoms with E-state index in [-0.39, 0.29) is 20.3 Å². The molecule has 0 radical (unpaired) electrons. The Kier molecular flexibility index (Phi) is 4.68. The summed E-state index contributed by atoms with van der Waals surface area (Å²) in [6.07, 6.45) is 0. The fraction of sp³-hybridized carbons (Fsp3) is 0.250. The van der Waals surface area contributed by atoms with Crippen molar-refractivity contribution in [3.05, 3.63) is 29.3 Å². The zero-order chi connectivity index (χ0) is 7.56. The minimum Gasteiger partial charge on any atom is -1.00 e. The largest absolute Gasteiger partial charge is 1.00 e. The Labute approximate surface area is 86.0 Å². The molecule has 56 valence electrons. The van der Waals surface area contributed by atoms with E-state index in [0.717, 1.165) is 10.7 Å². The van der Waals surface area contributed by atoms with Crippen molar-refractivity contribution in [1.82, 2.24) is 0 Å². The van der Waals surface area contributed by atoms with E-state index >= 15 is 0 Å². The summed E-state index contributed by atoms with van der Waals surface area (Å²) in [5, 5.41) is 0.799. The number of halogens is 1. The number of hydrogen-bond acceptors (Lipinski definition) is 1. The number of rotatable bonds is 1. The fourth-order valence-electron chi connectivity index (χ4n) is 0.814. The van der Waals surface area contributed by atoms with E-state index < -0.39 is 0 Å². The maximum absolute atomic E-state index is 5.88. The molecule has 0 amide bonds. The van der Waals surface area contributed by atoms with Gasteiger partial charge >= 0.3 is 18.9 Å². The molecular formula is C8H11ClLiN. The van der Waals surface area contributed by atoms with Gasteiger partial charge in [0.15, 0.2) is 0 Å². The maximum Gasteiger partial charge on any atom is 1.00 e. The third-order valence-corrected chi connectivity index (χ3v) is 1.65. The first-order valence-electron chi connectivity index (χ1n) is 3.13. The molecule has 1 nitrogen and oxygen atoms in total.